The number of esters is 1. The van der Waals surface area contributed by atoms with Crippen molar-refractivity contribution in [3.63, 3.8) is 0 Å². The number of carbonyl (C=O) groups excluding carboxylic acids is 1. The van der Waals surface area contributed by atoms with Crippen LogP contribution < -0.4 is 9.47 Å². The zero-order valence-corrected chi connectivity index (χ0v) is 22.2. The van der Waals surface area contributed by atoms with E-state index in [1.54, 1.807) is 42.1 Å². The van der Waals surface area contributed by atoms with Crippen molar-refractivity contribution in [3.05, 3.63) is 88.5 Å². The molecule has 0 atom stereocenters. The molecule has 36 heavy (non-hydrogen) atoms. The lowest BCUT2D eigenvalue weighted by Gasteiger charge is -2.11. The van der Waals surface area contributed by atoms with Crippen molar-refractivity contribution in [1.29, 1.82) is 0 Å². The van der Waals surface area contributed by atoms with Crippen LogP contribution in [-0.4, -0.2) is 44.6 Å². The minimum absolute atomic E-state index is 0.0910. The average molecular weight is 571 g/mol. The van der Waals surface area contributed by atoms with Crippen LogP contribution in [0.25, 0.3) is 16.9 Å². The van der Waals surface area contributed by atoms with Gasteiger partial charge in [-0.1, -0.05) is 28.1 Å². The SMILES string of the molecule is COc1ccc(-c2cc(C(=O)OCc3ccc(Br)cc3)nn2-c2ccc(S(C)(=O)=O)cc2)cc1OC. The summed E-state index contributed by atoms with van der Waals surface area (Å²) in [7, 11) is -0.281. The highest BCUT2D eigenvalue weighted by atomic mass is 79.9. The maximum atomic E-state index is 12.9. The second-order valence-corrected chi connectivity index (χ2v) is 10.8. The number of hydrogen-bond donors (Lipinski definition) is 0. The fourth-order valence-electron chi connectivity index (χ4n) is 3.52. The fraction of sp³-hybridized carbons (Fsp3) is 0.154. The molecule has 0 aliphatic rings. The molecule has 0 aliphatic heterocycles. The number of rotatable bonds is 8. The summed E-state index contributed by atoms with van der Waals surface area (Å²) in [4.78, 5) is 13.1. The molecule has 186 valence electrons. The van der Waals surface area contributed by atoms with Gasteiger partial charge in [0.15, 0.2) is 27.0 Å². The Morgan fingerprint density at radius 3 is 2.19 bits per heavy atom. The number of ether oxygens (including phenoxy) is 3. The summed E-state index contributed by atoms with van der Waals surface area (Å²) in [5, 5.41) is 4.49. The Hall–Kier alpha value is -3.63. The molecule has 0 saturated carbocycles. The molecular formula is C26H23BrN2O6S. The van der Waals surface area contributed by atoms with Gasteiger partial charge in [-0.3, -0.25) is 0 Å². The van der Waals surface area contributed by atoms with E-state index < -0.39 is 15.8 Å². The van der Waals surface area contributed by atoms with Gasteiger partial charge in [0.2, 0.25) is 0 Å². The summed E-state index contributed by atoms with van der Waals surface area (Å²) < 4.78 is 42.5. The standard InChI is InChI=1S/C26H23BrN2O6S/c1-33-24-13-6-18(14-25(24)34-2)23-15-22(26(30)35-16-17-4-7-19(27)8-5-17)28-29(23)20-9-11-21(12-10-20)36(3,31)32/h4-15H,16H2,1-3H3. The molecule has 0 radical (unpaired) electrons. The molecule has 0 bridgehead atoms. The Bertz CT molecular complexity index is 1500. The van der Waals surface area contributed by atoms with E-state index in [1.165, 1.54) is 19.2 Å². The van der Waals surface area contributed by atoms with Crippen LogP contribution in [0.15, 0.2) is 82.2 Å². The van der Waals surface area contributed by atoms with Gasteiger partial charge in [-0.25, -0.2) is 17.9 Å². The van der Waals surface area contributed by atoms with Crippen molar-refractivity contribution in [1.82, 2.24) is 9.78 Å². The molecule has 3 aromatic carbocycles. The van der Waals surface area contributed by atoms with Crippen molar-refractivity contribution >= 4 is 31.7 Å². The second kappa shape index (κ2) is 10.5. The van der Waals surface area contributed by atoms with E-state index in [9.17, 15) is 13.2 Å². The third kappa shape index (κ3) is 5.60. The van der Waals surface area contributed by atoms with Crippen molar-refractivity contribution in [2.45, 2.75) is 11.5 Å². The summed E-state index contributed by atoms with van der Waals surface area (Å²) in [6.45, 7) is 0.0910. The first-order valence-corrected chi connectivity index (χ1v) is 13.4. The minimum atomic E-state index is -3.36. The lowest BCUT2D eigenvalue weighted by atomic mass is 10.1. The maximum Gasteiger partial charge on any atom is 0.359 e. The molecular weight excluding hydrogens is 548 g/mol. The van der Waals surface area contributed by atoms with Crippen molar-refractivity contribution in [2.75, 3.05) is 20.5 Å². The third-order valence-corrected chi connectivity index (χ3v) is 7.05. The monoisotopic (exact) mass is 570 g/mol. The molecule has 0 aliphatic carbocycles. The van der Waals surface area contributed by atoms with E-state index in [4.69, 9.17) is 14.2 Å². The first-order valence-electron chi connectivity index (χ1n) is 10.7. The number of halogens is 1. The van der Waals surface area contributed by atoms with E-state index in [2.05, 4.69) is 21.0 Å². The van der Waals surface area contributed by atoms with Crippen LogP contribution in [0.3, 0.4) is 0 Å². The van der Waals surface area contributed by atoms with Crippen LogP contribution in [0.2, 0.25) is 0 Å². The second-order valence-electron chi connectivity index (χ2n) is 7.87. The van der Waals surface area contributed by atoms with Crippen molar-refractivity contribution in [2.24, 2.45) is 0 Å². The Labute approximate surface area is 217 Å². The first-order chi connectivity index (χ1) is 17.2. The molecule has 1 heterocycles. The van der Waals surface area contributed by atoms with Gasteiger partial charge in [-0.15, -0.1) is 0 Å². The van der Waals surface area contributed by atoms with Gasteiger partial charge in [0.05, 0.1) is 30.5 Å². The Balaban J connectivity index is 1.73. The topological polar surface area (TPSA) is 96.7 Å². The molecule has 0 saturated heterocycles. The van der Waals surface area contributed by atoms with Gasteiger partial charge < -0.3 is 14.2 Å². The van der Waals surface area contributed by atoms with E-state index in [0.29, 0.717) is 28.4 Å². The first kappa shape index (κ1) is 25.5. The van der Waals surface area contributed by atoms with Gasteiger partial charge in [-0.2, -0.15) is 5.10 Å². The van der Waals surface area contributed by atoms with E-state index in [-0.39, 0.29) is 17.2 Å². The number of methoxy groups -OCH3 is 2. The fourth-order valence-corrected chi connectivity index (χ4v) is 4.41. The predicted molar refractivity (Wildman–Crippen MR) is 138 cm³/mol. The Morgan fingerprint density at radius 2 is 1.58 bits per heavy atom. The van der Waals surface area contributed by atoms with Gasteiger partial charge >= 0.3 is 5.97 Å². The molecule has 0 spiro atoms. The van der Waals surface area contributed by atoms with E-state index >= 15 is 0 Å². The van der Waals surface area contributed by atoms with Crippen LogP contribution in [0.5, 0.6) is 11.5 Å². The van der Waals surface area contributed by atoms with E-state index in [0.717, 1.165) is 16.3 Å². The van der Waals surface area contributed by atoms with Crippen LogP contribution in [0, 0.1) is 0 Å². The summed E-state index contributed by atoms with van der Waals surface area (Å²) >= 11 is 3.38. The molecule has 4 aromatic rings. The van der Waals surface area contributed by atoms with Gasteiger partial charge in [0.1, 0.15) is 6.61 Å². The van der Waals surface area contributed by atoms with Crippen molar-refractivity contribution in [3.8, 4) is 28.4 Å². The Kier molecular flexibility index (Phi) is 7.46. The molecule has 1 aromatic heterocycles. The number of benzene rings is 3. The Morgan fingerprint density at radius 1 is 0.917 bits per heavy atom. The highest BCUT2D eigenvalue weighted by Crippen LogP contribution is 2.34. The lowest BCUT2D eigenvalue weighted by molar-refractivity contribution is 0.0465. The highest BCUT2D eigenvalue weighted by Gasteiger charge is 2.20. The summed E-state index contributed by atoms with van der Waals surface area (Å²) in [6, 6.07) is 20.7. The zero-order chi connectivity index (χ0) is 25.9. The molecule has 4 rings (SSSR count). The molecule has 0 fully saturated rings. The largest absolute Gasteiger partial charge is 0.493 e. The van der Waals surface area contributed by atoms with Crippen LogP contribution in [0.4, 0.5) is 0 Å². The predicted octanol–water partition coefficient (Wildman–Crippen LogP) is 5.08. The molecule has 0 amide bonds. The van der Waals surface area contributed by atoms with Crippen molar-refractivity contribution < 1.29 is 27.4 Å². The molecule has 10 heteroatoms. The summed E-state index contributed by atoms with van der Waals surface area (Å²) in [6.07, 6.45) is 1.14. The maximum absolute atomic E-state index is 12.9. The smallest absolute Gasteiger partial charge is 0.359 e. The number of carbonyl (C=O) groups is 1. The number of nitrogens with zero attached hydrogens (tertiary/aromatic N) is 2. The number of aromatic nitrogens is 2. The number of sulfone groups is 1. The van der Waals surface area contributed by atoms with E-state index in [1.807, 2.05) is 30.3 Å². The lowest BCUT2D eigenvalue weighted by Crippen LogP contribution is -2.07. The minimum Gasteiger partial charge on any atom is -0.493 e. The normalized spacial score (nSPS) is 11.2. The molecule has 8 nitrogen and oxygen atoms in total. The van der Waals surface area contributed by atoms with Crippen LogP contribution >= 0.6 is 15.9 Å². The average Bonchev–Trinajstić information content (AvgIpc) is 3.33. The molecule has 0 unspecified atom stereocenters. The quantitative estimate of drug-likeness (QED) is 0.272. The van der Waals surface area contributed by atoms with Gasteiger partial charge in [-0.05, 0) is 66.2 Å². The summed E-state index contributed by atoms with van der Waals surface area (Å²) in [5.41, 5.74) is 2.80. The third-order valence-electron chi connectivity index (χ3n) is 5.39. The van der Waals surface area contributed by atoms with Crippen LogP contribution in [0.1, 0.15) is 16.1 Å². The zero-order valence-electron chi connectivity index (χ0n) is 19.8. The van der Waals surface area contributed by atoms with Gasteiger partial charge in [0.25, 0.3) is 0 Å². The summed E-state index contributed by atoms with van der Waals surface area (Å²) in [5.74, 6) is 0.472. The highest BCUT2D eigenvalue weighted by molar-refractivity contribution is 9.10. The number of hydrogen-bond acceptors (Lipinski definition) is 7. The molecule has 0 N–H and O–H groups in total. The van der Waals surface area contributed by atoms with Crippen LogP contribution in [-0.2, 0) is 21.2 Å². The van der Waals surface area contributed by atoms with Gasteiger partial charge in [0, 0.05) is 16.3 Å².